The Morgan fingerprint density at radius 3 is 2.47 bits per heavy atom. The zero-order valence-electron chi connectivity index (χ0n) is 17.0. The van der Waals surface area contributed by atoms with Gasteiger partial charge in [0.1, 0.15) is 5.01 Å². The molecule has 5 aromatic rings. The minimum atomic E-state index is -1.39. The van der Waals surface area contributed by atoms with Crippen molar-refractivity contribution in [2.45, 2.75) is 18.6 Å². The van der Waals surface area contributed by atoms with Crippen LogP contribution in [0.1, 0.15) is 21.7 Å². The average Bonchev–Trinajstić information content (AvgIpc) is 3.48. The molecule has 0 saturated carbocycles. The van der Waals surface area contributed by atoms with Gasteiger partial charge in [0.15, 0.2) is 5.60 Å². The highest BCUT2D eigenvalue weighted by Crippen LogP contribution is 2.39. The number of thiazole rings is 1. The lowest BCUT2D eigenvalue weighted by Crippen LogP contribution is -2.28. The fourth-order valence-corrected chi connectivity index (χ4v) is 5.03. The van der Waals surface area contributed by atoms with Crippen molar-refractivity contribution in [1.82, 2.24) is 14.5 Å². The Balaban J connectivity index is 1.56. The number of aryl methyl sites for hydroxylation is 2. The first-order valence-electron chi connectivity index (χ1n) is 10.1. The summed E-state index contributed by atoms with van der Waals surface area (Å²) in [7, 11) is 0. The van der Waals surface area contributed by atoms with Gasteiger partial charge in [-0.15, -0.1) is 11.3 Å². The van der Waals surface area contributed by atoms with Gasteiger partial charge in [0.25, 0.3) is 0 Å². The lowest BCUT2D eigenvalue weighted by atomic mass is 9.86. The average molecular weight is 480 g/mol. The zero-order valence-corrected chi connectivity index (χ0v) is 19.3. The monoisotopic (exact) mass is 479 g/mol. The van der Waals surface area contributed by atoms with E-state index in [1.54, 1.807) is 18.3 Å². The van der Waals surface area contributed by atoms with Gasteiger partial charge in [-0.2, -0.15) is 0 Å². The van der Waals surface area contributed by atoms with Crippen LogP contribution in [-0.2, 0) is 18.6 Å². The van der Waals surface area contributed by atoms with Crippen LogP contribution in [0, 0.1) is 0 Å². The molecule has 4 nitrogen and oxygen atoms in total. The second-order valence-electron chi connectivity index (χ2n) is 7.58. The minimum Gasteiger partial charge on any atom is -0.374 e. The SMILES string of the molecule is OC(c1ccc(Cl)cc1)(c1ccc2ncn(CCc3cccc(Cl)c3)c2c1)c1nccs1. The van der Waals surface area contributed by atoms with Crippen molar-refractivity contribution in [3.05, 3.63) is 116 Å². The third-order valence-electron chi connectivity index (χ3n) is 5.57. The third kappa shape index (κ3) is 3.93. The third-order valence-corrected chi connectivity index (χ3v) is 6.94. The standard InChI is InChI=1S/C25H19Cl2N3OS/c26-20-7-4-18(5-8-20)25(31,24-28-11-13-32-24)19-6-9-22-23(15-19)30(16-29-22)12-10-17-2-1-3-21(27)14-17/h1-9,11,13-16,31H,10,12H2. The molecule has 1 atom stereocenters. The van der Waals surface area contributed by atoms with E-state index in [2.05, 4.69) is 20.6 Å². The summed E-state index contributed by atoms with van der Waals surface area (Å²) in [4.78, 5) is 8.98. The molecule has 7 heteroatoms. The van der Waals surface area contributed by atoms with Gasteiger partial charge in [-0.1, -0.05) is 53.5 Å². The summed E-state index contributed by atoms with van der Waals surface area (Å²) in [6, 6.07) is 21.0. The number of hydrogen-bond acceptors (Lipinski definition) is 4. The summed E-state index contributed by atoms with van der Waals surface area (Å²) in [5.74, 6) is 0. The maximum absolute atomic E-state index is 12.0. The Kier molecular flexibility index (Phi) is 5.74. The summed E-state index contributed by atoms with van der Waals surface area (Å²) in [6.45, 7) is 0.747. The van der Waals surface area contributed by atoms with E-state index in [1.165, 1.54) is 11.3 Å². The van der Waals surface area contributed by atoms with Crippen molar-refractivity contribution in [3.8, 4) is 0 Å². The predicted molar refractivity (Wildman–Crippen MR) is 131 cm³/mol. The maximum Gasteiger partial charge on any atom is 0.166 e. The first kappa shape index (κ1) is 21.2. The highest BCUT2D eigenvalue weighted by Gasteiger charge is 2.36. The Morgan fingerprint density at radius 1 is 0.906 bits per heavy atom. The molecule has 0 bridgehead atoms. The number of halogens is 2. The number of fused-ring (bicyclic) bond motifs is 1. The molecule has 0 saturated heterocycles. The van der Waals surface area contributed by atoms with Gasteiger partial charge < -0.3 is 9.67 Å². The van der Waals surface area contributed by atoms with Crippen LogP contribution in [-0.4, -0.2) is 19.6 Å². The molecule has 0 aliphatic rings. The fourth-order valence-electron chi connectivity index (χ4n) is 3.91. The number of imidazole rings is 1. The van der Waals surface area contributed by atoms with E-state index in [0.29, 0.717) is 15.6 Å². The molecule has 1 unspecified atom stereocenters. The molecular formula is C25H19Cl2N3OS. The largest absolute Gasteiger partial charge is 0.374 e. The summed E-state index contributed by atoms with van der Waals surface area (Å²) in [6.07, 6.45) is 4.36. The summed E-state index contributed by atoms with van der Waals surface area (Å²) in [5.41, 5.74) is 3.03. The first-order chi connectivity index (χ1) is 15.5. The molecule has 5 rings (SSSR count). The van der Waals surface area contributed by atoms with E-state index in [0.717, 1.165) is 40.1 Å². The summed E-state index contributed by atoms with van der Waals surface area (Å²) >= 11 is 13.6. The van der Waals surface area contributed by atoms with Gasteiger partial charge in [0.05, 0.1) is 17.4 Å². The number of hydrogen-bond donors (Lipinski definition) is 1. The predicted octanol–water partition coefficient (Wildman–Crippen LogP) is 6.33. The maximum atomic E-state index is 12.0. The molecule has 1 N–H and O–H groups in total. The molecule has 0 radical (unpaired) electrons. The number of aliphatic hydroxyl groups is 1. The second kappa shape index (κ2) is 8.68. The molecule has 0 fully saturated rings. The van der Waals surface area contributed by atoms with Crippen LogP contribution in [0.4, 0.5) is 0 Å². The number of rotatable bonds is 6. The molecule has 0 spiro atoms. The topological polar surface area (TPSA) is 50.9 Å². The normalized spacial score (nSPS) is 13.3. The Bertz CT molecular complexity index is 1370. The molecule has 3 aromatic carbocycles. The number of aromatic nitrogens is 3. The van der Waals surface area contributed by atoms with Crippen LogP contribution >= 0.6 is 34.5 Å². The van der Waals surface area contributed by atoms with Gasteiger partial charge in [0.2, 0.25) is 0 Å². The first-order valence-corrected chi connectivity index (χ1v) is 11.8. The molecule has 2 heterocycles. The van der Waals surface area contributed by atoms with Crippen LogP contribution in [0.25, 0.3) is 11.0 Å². The lowest BCUT2D eigenvalue weighted by Gasteiger charge is -2.27. The van der Waals surface area contributed by atoms with E-state index in [-0.39, 0.29) is 0 Å². The van der Waals surface area contributed by atoms with Crippen molar-refractivity contribution in [1.29, 1.82) is 0 Å². The van der Waals surface area contributed by atoms with E-state index in [4.69, 9.17) is 23.2 Å². The van der Waals surface area contributed by atoms with Gasteiger partial charge in [0, 0.05) is 28.2 Å². The lowest BCUT2D eigenvalue weighted by molar-refractivity contribution is 0.125. The Labute approximate surface area is 199 Å². The van der Waals surface area contributed by atoms with Crippen LogP contribution < -0.4 is 0 Å². The molecule has 0 amide bonds. The van der Waals surface area contributed by atoms with Crippen molar-refractivity contribution in [3.63, 3.8) is 0 Å². The van der Waals surface area contributed by atoms with Crippen LogP contribution in [0.2, 0.25) is 10.0 Å². The molecule has 2 aromatic heterocycles. The number of benzene rings is 3. The van der Waals surface area contributed by atoms with Crippen LogP contribution in [0.3, 0.4) is 0 Å². The van der Waals surface area contributed by atoms with Crippen molar-refractivity contribution in [2.75, 3.05) is 0 Å². The molecule has 0 aliphatic heterocycles. The fraction of sp³-hybridized carbons (Fsp3) is 0.120. The minimum absolute atomic E-state index is 0.601. The van der Waals surface area contributed by atoms with E-state index < -0.39 is 5.60 Å². The smallest absolute Gasteiger partial charge is 0.166 e. The van der Waals surface area contributed by atoms with Crippen molar-refractivity contribution < 1.29 is 5.11 Å². The Hall–Kier alpha value is -2.70. The van der Waals surface area contributed by atoms with E-state index >= 15 is 0 Å². The molecule has 32 heavy (non-hydrogen) atoms. The number of nitrogens with zero attached hydrogens (tertiary/aromatic N) is 3. The Morgan fingerprint density at radius 2 is 1.72 bits per heavy atom. The molecule has 160 valence electrons. The summed E-state index contributed by atoms with van der Waals surface area (Å²) < 4.78 is 2.10. The van der Waals surface area contributed by atoms with E-state index in [1.807, 2.05) is 60.2 Å². The highest BCUT2D eigenvalue weighted by molar-refractivity contribution is 7.09. The van der Waals surface area contributed by atoms with Gasteiger partial charge in [-0.3, -0.25) is 0 Å². The molecule has 0 aliphatic carbocycles. The van der Waals surface area contributed by atoms with Gasteiger partial charge >= 0.3 is 0 Å². The zero-order chi connectivity index (χ0) is 22.1. The summed E-state index contributed by atoms with van der Waals surface area (Å²) in [5, 5.41) is 15.8. The highest BCUT2D eigenvalue weighted by atomic mass is 35.5. The van der Waals surface area contributed by atoms with Crippen molar-refractivity contribution in [2.24, 2.45) is 0 Å². The van der Waals surface area contributed by atoms with Crippen LogP contribution in [0.5, 0.6) is 0 Å². The quantitative estimate of drug-likeness (QED) is 0.309. The van der Waals surface area contributed by atoms with Gasteiger partial charge in [-0.05, 0) is 59.5 Å². The van der Waals surface area contributed by atoms with Crippen LogP contribution in [0.15, 0.2) is 84.6 Å². The second-order valence-corrected chi connectivity index (χ2v) is 9.34. The van der Waals surface area contributed by atoms with E-state index in [9.17, 15) is 5.11 Å². The van der Waals surface area contributed by atoms with Gasteiger partial charge in [-0.25, -0.2) is 9.97 Å². The van der Waals surface area contributed by atoms with Crippen molar-refractivity contribution >= 4 is 45.6 Å². The molecular weight excluding hydrogens is 461 g/mol.